The largest absolute Gasteiger partial charge is 0.317 e. The molecule has 0 saturated heterocycles. The average Bonchev–Trinajstić information content (AvgIpc) is 2.33. The summed E-state index contributed by atoms with van der Waals surface area (Å²) in [5.74, 6) is 0.461. The minimum Gasteiger partial charge on any atom is -0.317 e. The predicted molar refractivity (Wildman–Crippen MR) is 81.9 cm³/mol. The first-order valence-electron chi connectivity index (χ1n) is 6.29. The number of rotatable bonds is 8. The lowest BCUT2D eigenvalue weighted by Crippen LogP contribution is -2.22. The lowest BCUT2D eigenvalue weighted by molar-refractivity contribution is 0.593. The van der Waals surface area contributed by atoms with Gasteiger partial charge >= 0.3 is 0 Å². The van der Waals surface area contributed by atoms with Gasteiger partial charge in [0.1, 0.15) is 5.82 Å². The summed E-state index contributed by atoms with van der Waals surface area (Å²) in [6.07, 6.45) is 1.64. The Kier molecular flexibility index (Phi) is 6.74. The lowest BCUT2D eigenvalue weighted by Gasteiger charge is -2.08. The topological polar surface area (TPSA) is 71.1 Å². The summed E-state index contributed by atoms with van der Waals surface area (Å²) in [5, 5.41) is 3.17. The number of hydrogen-bond acceptors (Lipinski definition) is 4. The summed E-state index contributed by atoms with van der Waals surface area (Å²) < 4.78 is 27.0. The Morgan fingerprint density at radius 2 is 2.05 bits per heavy atom. The lowest BCUT2D eigenvalue weighted by atomic mass is 10.4. The van der Waals surface area contributed by atoms with E-state index in [1.165, 1.54) is 0 Å². The van der Waals surface area contributed by atoms with E-state index >= 15 is 0 Å². The molecule has 2 N–H and O–H groups in total. The number of pyridine rings is 1. The predicted octanol–water partition coefficient (Wildman–Crippen LogP) is 2.28. The van der Waals surface area contributed by atoms with Gasteiger partial charge in [0.05, 0.1) is 11.4 Å². The number of nitrogens with one attached hydrogen (secondary N) is 2. The Balaban J connectivity index is 2.47. The van der Waals surface area contributed by atoms with Crippen LogP contribution < -0.4 is 10.0 Å². The number of hydrogen-bond donors (Lipinski definition) is 2. The van der Waals surface area contributed by atoms with Gasteiger partial charge in [-0.3, -0.25) is 4.72 Å². The van der Waals surface area contributed by atoms with Gasteiger partial charge in [0.25, 0.3) is 0 Å². The number of nitrogens with zero attached hydrogens (tertiary/aromatic N) is 1. The zero-order chi connectivity index (χ0) is 14.3. The van der Waals surface area contributed by atoms with Crippen molar-refractivity contribution in [2.45, 2.75) is 26.7 Å². The standard InChI is InChI=1S/C12H20BrN3O2S/c1-3-7-14-8-4-9-19(17,18)16-12-6-5-11(13)10(2)15-12/h5-6,14H,3-4,7-9H2,1-2H3,(H,15,16). The summed E-state index contributed by atoms with van der Waals surface area (Å²) >= 11 is 3.33. The molecule has 0 amide bonds. The summed E-state index contributed by atoms with van der Waals surface area (Å²) in [6.45, 7) is 5.52. The highest BCUT2D eigenvalue weighted by molar-refractivity contribution is 9.10. The first kappa shape index (κ1) is 16.4. The molecule has 0 aliphatic rings. The monoisotopic (exact) mass is 349 g/mol. The van der Waals surface area contributed by atoms with Crippen molar-refractivity contribution in [3.05, 3.63) is 22.3 Å². The van der Waals surface area contributed by atoms with Gasteiger partial charge in [0.2, 0.25) is 10.0 Å². The molecule has 0 aliphatic carbocycles. The van der Waals surface area contributed by atoms with Gasteiger partial charge in [-0.25, -0.2) is 13.4 Å². The highest BCUT2D eigenvalue weighted by Crippen LogP contribution is 2.16. The second-order valence-electron chi connectivity index (χ2n) is 4.29. The molecule has 0 saturated carbocycles. The van der Waals surface area contributed by atoms with Crippen molar-refractivity contribution in [1.29, 1.82) is 0 Å². The summed E-state index contributed by atoms with van der Waals surface area (Å²) in [6, 6.07) is 3.42. The maximum atomic E-state index is 11.8. The van der Waals surface area contributed by atoms with Gasteiger partial charge in [-0.05, 0) is 60.9 Å². The van der Waals surface area contributed by atoms with Crippen LogP contribution in [-0.2, 0) is 10.0 Å². The van der Waals surface area contributed by atoms with Gasteiger partial charge < -0.3 is 5.32 Å². The third-order valence-corrected chi connectivity index (χ3v) is 4.66. The van der Waals surface area contributed by atoms with Crippen LogP contribution in [0.1, 0.15) is 25.5 Å². The van der Waals surface area contributed by atoms with Crippen molar-refractivity contribution in [3.8, 4) is 0 Å². The van der Waals surface area contributed by atoms with E-state index in [-0.39, 0.29) is 5.75 Å². The Hall–Kier alpha value is -0.660. The molecule has 0 unspecified atom stereocenters. The Morgan fingerprint density at radius 3 is 2.68 bits per heavy atom. The molecule has 1 heterocycles. The second kappa shape index (κ2) is 7.81. The fraction of sp³-hybridized carbons (Fsp3) is 0.583. The van der Waals surface area contributed by atoms with Crippen molar-refractivity contribution >= 4 is 31.8 Å². The smallest absolute Gasteiger partial charge is 0.233 e. The van der Waals surface area contributed by atoms with Gasteiger partial charge in [0.15, 0.2) is 0 Å². The molecule has 0 spiro atoms. The quantitative estimate of drug-likeness (QED) is 0.706. The summed E-state index contributed by atoms with van der Waals surface area (Å²) in [5.41, 5.74) is 0.754. The van der Waals surface area contributed by atoms with Crippen molar-refractivity contribution in [1.82, 2.24) is 10.3 Å². The maximum absolute atomic E-state index is 11.8. The number of aryl methyl sites for hydroxylation is 1. The van der Waals surface area contributed by atoms with Crippen molar-refractivity contribution in [2.75, 3.05) is 23.6 Å². The zero-order valence-corrected chi connectivity index (χ0v) is 13.6. The van der Waals surface area contributed by atoms with E-state index < -0.39 is 10.0 Å². The van der Waals surface area contributed by atoms with Crippen molar-refractivity contribution in [3.63, 3.8) is 0 Å². The van der Waals surface area contributed by atoms with E-state index in [2.05, 4.69) is 37.9 Å². The van der Waals surface area contributed by atoms with Crippen LogP contribution in [0.25, 0.3) is 0 Å². The molecule has 0 aliphatic heterocycles. The summed E-state index contributed by atoms with van der Waals surface area (Å²) in [7, 11) is -3.32. The average molecular weight is 350 g/mol. The summed E-state index contributed by atoms with van der Waals surface area (Å²) in [4.78, 5) is 4.16. The molecule has 1 aromatic rings. The fourth-order valence-corrected chi connectivity index (χ4v) is 2.78. The SMILES string of the molecule is CCCNCCCS(=O)(=O)Nc1ccc(Br)c(C)n1. The van der Waals surface area contributed by atoms with Crippen LogP contribution in [0.5, 0.6) is 0 Å². The Morgan fingerprint density at radius 1 is 1.32 bits per heavy atom. The third kappa shape index (κ3) is 6.35. The van der Waals surface area contributed by atoms with E-state index in [0.29, 0.717) is 18.8 Å². The molecule has 1 rings (SSSR count). The Bertz CT molecular complexity index is 506. The molecule has 108 valence electrons. The highest BCUT2D eigenvalue weighted by Gasteiger charge is 2.11. The van der Waals surface area contributed by atoms with Crippen molar-refractivity contribution in [2.24, 2.45) is 0 Å². The van der Waals surface area contributed by atoms with Crippen molar-refractivity contribution < 1.29 is 8.42 Å². The molecule has 0 bridgehead atoms. The van der Waals surface area contributed by atoms with E-state index in [9.17, 15) is 8.42 Å². The molecule has 0 atom stereocenters. The second-order valence-corrected chi connectivity index (χ2v) is 6.98. The van der Waals surface area contributed by atoms with Gasteiger partial charge in [-0.15, -0.1) is 0 Å². The number of sulfonamides is 1. The molecule has 0 fully saturated rings. The van der Waals surface area contributed by atoms with Gasteiger partial charge in [-0.1, -0.05) is 6.92 Å². The van der Waals surface area contributed by atoms with E-state index in [4.69, 9.17) is 0 Å². The van der Waals surface area contributed by atoms with Gasteiger partial charge in [-0.2, -0.15) is 0 Å². The molecule has 0 radical (unpaired) electrons. The molecule has 1 aromatic heterocycles. The molecule has 5 nitrogen and oxygen atoms in total. The number of aromatic nitrogens is 1. The van der Waals surface area contributed by atoms with Crippen LogP contribution in [0.2, 0.25) is 0 Å². The van der Waals surface area contributed by atoms with Crippen LogP contribution in [0.4, 0.5) is 5.82 Å². The minimum absolute atomic E-state index is 0.0977. The fourth-order valence-electron chi connectivity index (χ4n) is 1.50. The van der Waals surface area contributed by atoms with Crippen LogP contribution >= 0.6 is 15.9 Å². The zero-order valence-electron chi connectivity index (χ0n) is 11.2. The highest BCUT2D eigenvalue weighted by atomic mass is 79.9. The van der Waals surface area contributed by atoms with Crippen LogP contribution in [0, 0.1) is 6.92 Å². The normalized spacial score (nSPS) is 11.5. The van der Waals surface area contributed by atoms with Gasteiger partial charge in [0, 0.05) is 4.47 Å². The third-order valence-electron chi connectivity index (χ3n) is 2.47. The molecular weight excluding hydrogens is 330 g/mol. The van der Waals surface area contributed by atoms with E-state index in [0.717, 1.165) is 23.1 Å². The van der Waals surface area contributed by atoms with Crippen LogP contribution in [-0.4, -0.2) is 32.2 Å². The molecule has 19 heavy (non-hydrogen) atoms. The number of anilines is 1. The van der Waals surface area contributed by atoms with Crippen LogP contribution in [0.3, 0.4) is 0 Å². The van der Waals surface area contributed by atoms with Crippen LogP contribution in [0.15, 0.2) is 16.6 Å². The molecule has 7 heteroatoms. The maximum Gasteiger partial charge on any atom is 0.233 e. The first-order chi connectivity index (χ1) is 8.94. The minimum atomic E-state index is -3.32. The number of halogens is 1. The van der Waals surface area contributed by atoms with E-state index in [1.807, 2.05) is 6.92 Å². The van der Waals surface area contributed by atoms with E-state index in [1.54, 1.807) is 12.1 Å². The molecule has 0 aromatic carbocycles. The molecular formula is C12H20BrN3O2S. The Labute approximate surface area is 123 Å². The first-order valence-corrected chi connectivity index (χ1v) is 8.73.